The summed E-state index contributed by atoms with van der Waals surface area (Å²) >= 11 is 0. The third-order valence-corrected chi connectivity index (χ3v) is 4.05. The molecule has 0 heterocycles. The molecule has 0 saturated heterocycles. The molecule has 0 radical (unpaired) electrons. The summed E-state index contributed by atoms with van der Waals surface area (Å²) < 4.78 is 12.2. The Bertz CT molecular complexity index is 536. The van der Waals surface area contributed by atoms with Crippen molar-refractivity contribution in [3.63, 3.8) is 0 Å². The summed E-state index contributed by atoms with van der Waals surface area (Å²) in [6.07, 6.45) is 3.58. The second-order valence-electron chi connectivity index (χ2n) is 4.12. The summed E-state index contributed by atoms with van der Waals surface area (Å²) in [4.78, 5) is 0.928. The summed E-state index contributed by atoms with van der Waals surface area (Å²) in [5.41, 5.74) is 9.28. The maximum atomic E-state index is 12.2. The average molecular weight is 266 g/mol. The molecule has 0 fully saturated rings. The van der Waals surface area contributed by atoms with Gasteiger partial charge in [-0.3, -0.25) is 0 Å². The molecule has 18 heavy (non-hydrogen) atoms. The second kappa shape index (κ2) is 4.42. The fraction of sp³-hybridized carbons (Fsp3) is 0.167. The molecule has 1 aliphatic carbocycles. The van der Waals surface area contributed by atoms with Crippen LogP contribution in [0.2, 0.25) is 0 Å². The summed E-state index contributed by atoms with van der Waals surface area (Å²) in [5.74, 6) is -2.35. The van der Waals surface area contributed by atoms with E-state index in [1.54, 1.807) is 24.3 Å². The summed E-state index contributed by atoms with van der Waals surface area (Å²) in [6, 6.07) is 8.76. The Hall–Kier alpha value is -1.31. The van der Waals surface area contributed by atoms with Crippen LogP contribution in [-0.4, -0.2) is 25.9 Å². The van der Waals surface area contributed by atoms with Crippen LogP contribution in [-0.2, 0) is 10.8 Å². The molecule has 6 N–H and O–H groups in total. The van der Waals surface area contributed by atoms with Crippen molar-refractivity contribution in [1.82, 2.24) is 0 Å². The van der Waals surface area contributed by atoms with E-state index in [4.69, 9.17) is 11.5 Å². The highest BCUT2D eigenvalue weighted by molar-refractivity contribution is 7.89. The van der Waals surface area contributed by atoms with Crippen molar-refractivity contribution in [3.05, 3.63) is 53.5 Å². The lowest BCUT2D eigenvalue weighted by atomic mass is 9.96. The molecular formula is C12H14N2O3S. The van der Waals surface area contributed by atoms with Gasteiger partial charge >= 0.3 is 0 Å². The van der Waals surface area contributed by atoms with Crippen LogP contribution < -0.4 is 11.5 Å². The number of benzene rings is 1. The van der Waals surface area contributed by atoms with Gasteiger partial charge in [0.05, 0.1) is 10.8 Å². The molecular weight excluding hydrogens is 252 g/mol. The standard InChI is InChI=1S/C12H14N2O3S/c13-11(14)8-10(6-7-12(11,15)16)18(17)9-4-2-1-3-5-9/h1-8,15-16H,13-14H2/t18-/m1/s1. The Morgan fingerprint density at radius 3 is 2.28 bits per heavy atom. The van der Waals surface area contributed by atoms with E-state index in [0.29, 0.717) is 9.80 Å². The van der Waals surface area contributed by atoms with E-state index in [1.165, 1.54) is 12.2 Å². The molecule has 0 unspecified atom stereocenters. The molecule has 6 heteroatoms. The Labute approximate surface area is 107 Å². The predicted molar refractivity (Wildman–Crippen MR) is 68.3 cm³/mol. The van der Waals surface area contributed by atoms with Crippen molar-refractivity contribution in [2.45, 2.75) is 16.3 Å². The number of hydrogen-bond donors (Lipinski definition) is 4. The molecule has 5 nitrogen and oxygen atoms in total. The summed E-state index contributed by atoms with van der Waals surface area (Å²) in [7, 11) is -1.46. The number of nitrogens with two attached hydrogens (primary N) is 2. The SMILES string of the molecule is NC1(N)C=C([S@](=O)c2ccccc2)C=CC1(O)O. The lowest BCUT2D eigenvalue weighted by Gasteiger charge is -2.35. The van der Waals surface area contributed by atoms with Gasteiger partial charge in [-0.05, 0) is 30.4 Å². The molecule has 1 aromatic rings. The number of allylic oxidation sites excluding steroid dienone is 1. The summed E-state index contributed by atoms with van der Waals surface area (Å²) in [6.45, 7) is 0. The van der Waals surface area contributed by atoms with Gasteiger partial charge in [-0.25, -0.2) is 4.21 Å². The minimum Gasteiger partial charge on any atom is -0.360 e. The van der Waals surface area contributed by atoms with E-state index in [0.717, 1.165) is 6.08 Å². The van der Waals surface area contributed by atoms with E-state index >= 15 is 0 Å². The van der Waals surface area contributed by atoms with Crippen molar-refractivity contribution in [3.8, 4) is 0 Å². The molecule has 0 aliphatic heterocycles. The highest BCUT2D eigenvalue weighted by Gasteiger charge is 2.42. The molecule has 96 valence electrons. The third-order valence-electron chi connectivity index (χ3n) is 2.67. The first-order valence-electron chi connectivity index (χ1n) is 5.25. The lowest BCUT2D eigenvalue weighted by Crippen LogP contribution is -2.66. The smallest absolute Gasteiger partial charge is 0.219 e. The van der Waals surface area contributed by atoms with Crippen LogP contribution in [0.25, 0.3) is 0 Å². The van der Waals surface area contributed by atoms with Crippen LogP contribution >= 0.6 is 0 Å². The number of hydrogen-bond acceptors (Lipinski definition) is 5. The van der Waals surface area contributed by atoms with Gasteiger partial charge in [0.15, 0.2) is 0 Å². The average Bonchev–Trinajstić information content (AvgIpc) is 2.33. The van der Waals surface area contributed by atoms with Gasteiger partial charge in [-0.2, -0.15) is 0 Å². The van der Waals surface area contributed by atoms with Crippen molar-refractivity contribution >= 4 is 10.8 Å². The highest BCUT2D eigenvalue weighted by Crippen LogP contribution is 2.26. The molecule has 0 bridgehead atoms. The van der Waals surface area contributed by atoms with E-state index < -0.39 is 22.2 Å². The van der Waals surface area contributed by atoms with Crippen LogP contribution in [0, 0.1) is 0 Å². The fourth-order valence-corrected chi connectivity index (χ4v) is 2.70. The highest BCUT2D eigenvalue weighted by atomic mass is 32.2. The van der Waals surface area contributed by atoms with Gasteiger partial charge in [-0.1, -0.05) is 18.2 Å². The van der Waals surface area contributed by atoms with E-state index in [2.05, 4.69) is 0 Å². The van der Waals surface area contributed by atoms with Crippen molar-refractivity contribution < 1.29 is 14.4 Å². The van der Waals surface area contributed by atoms with Gasteiger partial charge in [0, 0.05) is 9.80 Å². The number of rotatable bonds is 2. The van der Waals surface area contributed by atoms with E-state index in [-0.39, 0.29) is 0 Å². The molecule has 1 aromatic carbocycles. The normalized spacial score (nSPS) is 22.3. The zero-order valence-electron chi connectivity index (χ0n) is 9.48. The van der Waals surface area contributed by atoms with Crippen LogP contribution in [0.15, 0.2) is 58.4 Å². The van der Waals surface area contributed by atoms with Crippen molar-refractivity contribution in [1.29, 1.82) is 0 Å². The van der Waals surface area contributed by atoms with Gasteiger partial charge < -0.3 is 21.7 Å². The van der Waals surface area contributed by atoms with Crippen LogP contribution in [0.5, 0.6) is 0 Å². The quantitative estimate of drug-likeness (QED) is 0.542. The largest absolute Gasteiger partial charge is 0.360 e. The first-order valence-corrected chi connectivity index (χ1v) is 6.40. The van der Waals surface area contributed by atoms with E-state index in [1.807, 2.05) is 6.07 Å². The second-order valence-corrected chi connectivity index (χ2v) is 5.60. The van der Waals surface area contributed by atoms with Crippen molar-refractivity contribution in [2.75, 3.05) is 0 Å². The molecule has 0 spiro atoms. The third kappa shape index (κ3) is 2.29. The molecule has 1 atom stereocenters. The number of aliphatic hydroxyl groups is 2. The molecule has 0 saturated carbocycles. The lowest BCUT2D eigenvalue weighted by molar-refractivity contribution is -0.156. The van der Waals surface area contributed by atoms with Gasteiger partial charge in [0.1, 0.15) is 5.66 Å². The Kier molecular flexibility index (Phi) is 3.22. The molecule has 0 aromatic heterocycles. The Balaban J connectivity index is 2.35. The van der Waals surface area contributed by atoms with Crippen LogP contribution in [0.1, 0.15) is 0 Å². The summed E-state index contributed by atoms with van der Waals surface area (Å²) in [5, 5.41) is 19.1. The Morgan fingerprint density at radius 1 is 1.11 bits per heavy atom. The van der Waals surface area contributed by atoms with Gasteiger partial charge in [-0.15, -0.1) is 0 Å². The predicted octanol–water partition coefficient (Wildman–Crippen LogP) is -0.458. The first-order chi connectivity index (χ1) is 8.33. The van der Waals surface area contributed by atoms with Gasteiger partial charge in [0.25, 0.3) is 0 Å². The first kappa shape index (κ1) is 13.1. The maximum absolute atomic E-state index is 12.2. The minimum atomic E-state index is -2.35. The molecule has 2 rings (SSSR count). The minimum absolute atomic E-state index is 0.338. The molecule has 1 aliphatic rings. The zero-order chi connectivity index (χ0) is 13.4. The maximum Gasteiger partial charge on any atom is 0.219 e. The van der Waals surface area contributed by atoms with E-state index in [9.17, 15) is 14.4 Å². The fourth-order valence-electron chi connectivity index (χ4n) is 1.53. The van der Waals surface area contributed by atoms with Crippen molar-refractivity contribution in [2.24, 2.45) is 11.5 Å². The van der Waals surface area contributed by atoms with Gasteiger partial charge in [0.2, 0.25) is 5.79 Å². The monoisotopic (exact) mass is 266 g/mol. The van der Waals surface area contributed by atoms with Crippen LogP contribution in [0.3, 0.4) is 0 Å². The Morgan fingerprint density at radius 2 is 1.72 bits per heavy atom. The van der Waals surface area contributed by atoms with Crippen LogP contribution in [0.4, 0.5) is 0 Å². The molecule has 0 amide bonds. The zero-order valence-corrected chi connectivity index (χ0v) is 10.3. The topological polar surface area (TPSA) is 110 Å².